The predicted octanol–water partition coefficient (Wildman–Crippen LogP) is 2.53. The summed E-state index contributed by atoms with van der Waals surface area (Å²) in [4.78, 5) is 48.3. The van der Waals surface area contributed by atoms with Gasteiger partial charge in [0, 0.05) is 11.7 Å². The van der Waals surface area contributed by atoms with Gasteiger partial charge in [0.15, 0.2) is 6.61 Å². The maximum atomic E-state index is 12.3. The molecule has 164 valence electrons. The Kier molecular flexibility index (Phi) is 9.11. The summed E-state index contributed by atoms with van der Waals surface area (Å²) < 4.78 is 5.00. The largest absolute Gasteiger partial charge is 0.454 e. The van der Waals surface area contributed by atoms with Crippen LogP contribution in [0, 0.1) is 5.92 Å². The van der Waals surface area contributed by atoms with E-state index < -0.39 is 36.6 Å². The second-order valence-electron chi connectivity index (χ2n) is 7.65. The lowest BCUT2D eigenvalue weighted by molar-refractivity contribution is -0.151. The Morgan fingerprint density at radius 2 is 1.67 bits per heavy atom. The minimum Gasteiger partial charge on any atom is -0.454 e. The number of hydrogen-bond donors (Lipinski definition) is 4. The van der Waals surface area contributed by atoms with Gasteiger partial charge in [-0.25, -0.2) is 14.4 Å². The smallest absolute Gasteiger partial charge is 0.329 e. The first-order valence-corrected chi connectivity index (χ1v) is 10.2. The number of rotatable bonds is 7. The van der Waals surface area contributed by atoms with Gasteiger partial charge in [0.1, 0.15) is 6.04 Å². The minimum atomic E-state index is -0.947. The zero-order valence-electron chi connectivity index (χ0n) is 17.4. The van der Waals surface area contributed by atoms with E-state index in [1.54, 1.807) is 38.1 Å². The van der Waals surface area contributed by atoms with Gasteiger partial charge < -0.3 is 20.7 Å². The fourth-order valence-electron chi connectivity index (χ4n) is 3.19. The van der Waals surface area contributed by atoms with Crippen molar-refractivity contribution in [2.45, 2.75) is 58.0 Å². The molecule has 0 saturated heterocycles. The average molecular weight is 418 g/mol. The van der Waals surface area contributed by atoms with Crippen molar-refractivity contribution in [3.8, 4) is 0 Å². The summed E-state index contributed by atoms with van der Waals surface area (Å²) in [5.41, 5.74) is 0.578. The van der Waals surface area contributed by atoms with Crippen molar-refractivity contribution in [1.29, 1.82) is 0 Å². The van der Waals surface area contributed by atoms with E-state index in [-0.39, 0.29) is 12.0 Å². The van der Waals surface area contributed by atoms with Crippen LogP contribution in [0.25, 0.3) is 0 Å². The molecule has 5 amide bonds. The number of carbonyl (C=O) groups excluding carboxylic acids is 4. The third-order valence-corrected chi connectivity index (χ3v) is 4.78. The first-order chi connectivity index (χ1) is 14.3. The Morgan fingerprint density at radius 3 is 2.30 bits per heavy atom. The fourth-order valence-corrected chi connectivity index (χ4v) is 3.19. The van der Waals surface area contributed by atoms with E-state index in [1.165, 1.54) is 0 Å². The standard InChI is InChI=1S/C21H30N4O5/c1-14(2)18(25-21(29)23-16-11-7-4-8-12-16)19(27)30-13-17(26)24-20(28)22-15-9-5-3-6-10-15/h4,7-8,11-12,14-15,18H,3,5-6,9-10,13H2,1-2H3,(H2,23,25,29)(H2,22,24,26,28)/t18-/m1/s1. The molecule has 0 aromatic heterocycles. The molecule has 1 aliphatic carbocycles. The van der Waals surface area contributed by atoms with E-state index in [0.29, 0.717) is 5.69 Å². The average Bonchev–Trinajstić information content (AvgIpc) is 2.71. The highest BCUT2D eigenvalue weighted by Crippen LogP contribution is 2.17. The highest BCUT2D eigenvalue weighted by molar-refractivity contribution is 5.96. The Bertz CT molecular complexity index is 732. The molecule has 9 heteroatoms. The summed E-state index contributed by atoms with van der Waals surface area (Å²) >= 11 is 0. The molecule has 0 heterocycles. The van der Waals surface area contributed by atoms with E-state index in [9.17, 15) is 19.2 Å². The number of urea groups is 2. The number of para-hydroxylation sites is 1. The van der Waals surface area contributed by atoms with Gasteiger partial charge in [-0.3, -0.25) is 10.1 Å². The first-order valence-electron chi connectivity index (χ1n) is 10.2. The van der Waals surface area contributed by atoms with Gasteiger partial charge >= 0.3 is 18.0 Å². The van der Waals surface area contributed by atoms with Gasteiger partial charge in [-0.1, -0.05) is 51.3 Å². The molecular formula is C21H30N4O5. The maximum absolute atomic E-state index is 12.3. The molecule has 0 aliphatic heterocycles. The second kappa shape index (κ2) is 11.8. The van der Waals surface area contributed by atoms with Crippen molar-refractivity contribution in [3.05, 3.63) is 30.3 Å². The number of imide groups is 1. The SMILES string of the molecule is CC(C)[C@@H](NC(=O)Nc1ccccc1)C(=O)OCC(=O)NC(=O)NC1CCCCC1. The summed E-state index contributed by atoms with van der Waals surface area (Å²) in [6.07, 6.45) is 5.05. The van der Waals surface area contributed by atoms with Gasteiger partial charge in [0.25, 0.3) is 5.91 Å². The molecule has 2 rings (SSSR count). The number of anilines is 1. The molecule has 0 spiro atoms. The van der Waals surface area contributed by atoms with Crippen LogP contribution in [0.1, 0.15) is 46.0 Å². The zero-order chi connectivity index (χ0) is 21.9. The molecule has 1 aliphatic rings. The number of amides is 5. The highest BCUT2D eigenvalue weighted by atomic mass is 16.5. The quantitative estimate of drug-likeness (QED) is 0.506. The van der Waals surface area contributed by atoms with Crippen LogP contribution in [0.5, 0.6) is 0 Å². The van der Waals surface area contributed by atoms with Crippen LogP contribution in [-0.4, -0.2) is 42.6 Å². The predicted molar refractivity (Wildman–Crippen MR) is 112 cm³/mol. The van der Waals surface area contributed by atoms with Crippen molar-refractivity contribution in [3.63, 3.8) is 0 Å². The van der Waals surface area contributed by atoms with Gasteiger partial charge in [0.2, 0.25) is 0 Å². The van der Waals surface area contributed by atoms with Crippen molar-refractivity contribution < 1.29 is 23.9 Å². The molecule has 1 aromatic carbocycles. The molecule has 9 nitrogen and oxygen atoms in total. The van der Waals surface area contributed by atoms with Crippen LogP contribution in [0.3, 0.4) is 0 Å². The molecule has 1 fully saturated rings. The van der Waals surface area contributed by atoms with E-state index in [2.05, 4.69) is 21.3 Å². The molecule has 4 N–H and O–H groups in total. The second-order valence-corrected chi connectivity index (χ2v) is 7.65. The fraction of sp³-hybridized carbons (Fsp3) is 0.524. The monoisotopic (exact) mass is 418 g/mol. The summed E-state index contributed by atoms with van der Waals surface area (Å²) in [5, 5.41) is 10.1. The Balaban J connectivity index is 1.76. The molecular weight excluding hydrogens is 388 g/mol. The van der Waals surface area contributed by atoms with Crippen LogP contribution in [0.4, 0.5) is 15.3 Å². The van der Waals surface area contributed by atoms with Crippen molar-refractivity contribution in [2.75, 3.05) is 11.9 Å². The Morgan fingerprint density at radius 1 is 1.00 bits per heavy atom. The maximum Gasteiger partial charge on any atom is 0.329 e. The summed E-state index contributed by atoms with van der Waals surface area (Å²) in [7, 11) is 0. The topological polar surface area (TPSA) is 126 Å². The molecule has 1 atom stereocenters. The van der Waals surface area contributed by atoms with Gasteiger partial charge in [-0.2, -0.15) is 0 Å². The Labute approximate surface area is 176 Å². The lowest BCUT2D eigenvalue weighted by Gasteiger charge is -2.23. The lowest BCUT2D eigenvalue weighted by Crippen LogP contribution is -2.49. The van der Waals surface area contributed by atoms with Crippen LogP contribution in [0.2, 0.25) is 0 Å². The third kappa shape index (κ3) is 8.10. The summed E-state index contributed by atoms with van der Waals surface area (Å²) in [6, 6.07) is 6.74. The summed E-state index contributed by atoms with van der Waals surface area (Å²) in [6.45, 7) is 2.88. The Hall–Kier alpha value is -3.10. The normalized spacial score (nSPS) is 15.0. The van der Waals surface area contributed by atoms with Crippen LogP contribution in [-0.2, 0) is 14.3 Å². The number of ether oxygens (including phenoxy) is 1. The van der Waals surface area contributed by atoms with E-state index in [1.807, 2.05) is 6.07 Å². The molecule has 1 saturated carbocycles. The number of nitrogens with one attached hydrogen (secondary N) is 4. The number of benzene rings is 1. The number of hydrogen-bond acceptors (Lipinski definition) is 5. The third-order valence-electron chi connectivity index (χ3n) is 4.78. The van der Waals surface area contributed by atoms with Crippen molar-refractivity contribution >= 4 is 29.6 Å². The molecule has 0 radical (unpaired) electrons. The first kappa shape index (κ1) is 23.2. The minimum absolute atomic E-state index is 0.0618. The lowest BCUT2D eigenvalue weighted by atomic mass is 9.96. The van der Waals surface area contributed by atoms with Crippen molar-refractivity contribution in [1.82, 2.24) is 16.0 Å². The van der Waals surface area contributed by atoms with E-state index in [4.69, 9.17) is 4.74 Å². The molecule has 0 bridgehead atoms. The van der Waals surface area contributed by atoms with Gasteiger partial charge in [-0.15, -0.1) is 0 Å². The summed E-state index contributed by atoms with van der Waals surface area (Å²) in [5.74, 6) is -1.75. The zero-order valence-corrected chi connectivity index (χ0v) is 17.4. The van der Waals surface area contributed by atoms with Crippen molar-refractivity contribution in [2.24, 2.45) is 5.92 Å². The van der Waals surface area contributed by atoms with Crippen LogP contribution in [0.15, 0.2) is 30.3 Å². The van der Waals surface area contributed by atoms with Crippen LogP contribution >= 0.6 is 0 Å². The van der Waals surface area contributed by atoms with Crippen LogP contribution < -0.4 is 21.3 Å². The highest BCUT2D eigenvalue weighted by Gasteiger charge is 2.27. The number of carbonyl (C=O) groups is 4. The molecule has 0 unspecified atom stereocenters. The van der Waals surface area contributed by atoms with E-state index >= 15 is 0 Å². The van der Waals surface area contributed by atoms with E-state index in [0.717, 1.165) is 32.1 Å². The van der Waals surface area contributed by atoms with Gasteiger partial charge in [0.05, 0.1) is 0 Å². The number of esters is 1. The molecule has 1 aromatic rings. The van der Waals surface area contributed by atoms with Gasteiger partial charge in [-0.05, 0) is 30.9 Å². The molecule has 30 heavy (non-hydrogen) atoms.